The molecule has 0 bridgehead atoms. The summed E-state index contributed by atoms with van der Waals surface area (Å²) < 4.78 is 5.41. The number of nitrogens with zero attached hydrogens (tertiary/aromatic N) is 1. The summed E-state index contributed by atoms with van der Waals surface area (Å²) >= 11 is 0. The minimum atomic E-state index is -0.144. The Hall–Kier alpha value is -2.80. The molecule has 0 spiro atoms. The molecule has 2 aromatic carbocycles. The molecular weight excluding hydrogens is 288 g/mol. The fourth-order valence-corrected chi connectivity index (χ4v) is 2.19. The first-order valence-electron chi connectivity index (χ1n) is 7.63. The molecule has 4 nitrogen and oxygen atoms in total. The number of benzene rings is 2. The highest BCUT2D eigenvalue weighted by molar-refractivity contribution is 5.77. The van der Waals surface area contributed by atoms with E-state index in [0.29, 0.717) is 11.3 Å². The number of nitriles is 1. The van der Waals surface area contributed by atoms with Crippen LogP contribution < -0.4 is 10.1 Å². The number of hydrogen-bond donors (Lipinski definition) is 1. The second-order valence-electron chi connectivity index (χ2n) is 5.42. The van der Waals surface area contributed by atoms with Gasteiger partial charge in [0.05, 0.1) is 11.6 Å². The largest absolute Gasteiger partial charge is 0.484 e. The highest BCUT2D eigenvalue weighted by Crippen LogP contribution is 2.11. The lowest BCUT2D eigenvalue weighted by Gasteiger charge is -2.14. The molecule has 118 valence electrons. The Morgan fingerprint density at radius 3 is 2.52 bits per heavy atom. The van der Waals surface area contributed by atoms with E-state index in [0.717, 1.165) is 12.8 Å². The summed E-state index contributed by atoms with van der Waals surface area (Å²) in [5.74, 6) is 0.436. The van der Waals surface area contributed by atoms with Crippen molar-refractivity contribution in [2.45, 2.75) is 25.8 Å². The molecule has 0 aliphatic heterocycles. The van der Waals surface area contributed by atoms with Crippen LogP contribution in [0.25, 0.3) is 0 Å². The monoisotopic (exact) mass is 308 g/mol. The zero-order valence-electron chi connectivity index (χ0n) is 13.2. The number of rotatable bonds is 7. The third kappa shape index (κ3) is 5.84. The maximum atomic E-state index is 11.9. The number of hydrogen-bond acceptors (Lipinski definition) is 3. The van der Waals surface area contributed by atoms with Crippen molar-refractivity contribution in [2.24, 2.45) is 0 Å². The van der Waals surface area contributed by atoms with Crippen LogP contribution in [-0.2, 0) is 11.2 Å². The number of ether oxygens (including phenoxy) is 1. The third-order valence-electron chi connectivity index (χ3n) is 3.47. The molecule has 0 aliphatic carbocycles. The summed E-state index contributed by atoms with van der Waals surface area (Å²) in [7, 11) is 0. The Kier molecular flexibility index (Phi) is 6.19. The zero-order chi connectivity index (χ0) is 16.5. The number of carbonyl (C=O) groups excluding carboxylic acids is 1. The van der Waals surface area contributed by atoms with E-state index in [-0.39, 0.29) is 18.6 Å². The van der Waals surface area contributed by atoms with Crippen molar-refractivity contribution in [3.63, 3.8) is 0 Å². The molecule has 2 rings (SSSR count). The van der Waals surface area contributed by atoms with Gasteiger partial charge in [0.25, 0.3) is 5.91 Å². The van der Waals surface area contributed by atoms with Crippen LogP contribution in [0.3, 0.4) is 0 Å². The number of aryl methyl sites for hydroxylation is 1. The van der Waals surface area contributed by atoms with E-state index >= 15 is 0 Å². The first kappa shape index (κ1) is 16.6. The van der Waals surface area contributed by atoms with Crippen molar-refractivity contribution < 1.29 is 9.53 Å². The number of carbonyl (C=O) groups is 1. The van der Waals surface area contributed by atoms with Crippen LogP contribution in [0.2, 0.25) is 0 Å². The van der Waals surface area contributed by atoms with Gasteiger partial charge in [-0.2, -0.15) is 5.26 Å². The van der Waals surface area contributed by atoms with Crippen LogP contribution in [0.15, 0.2) is 54.6 Å². The van der Waals surface area contributed by atoms with Crippen LogP contribution in [0, 0.1) is 11.3 Å². The van der Waals surface area contributed by atoms with Crippen LogP contribution in [0.4, 0.5) is 0 Å². The Morgan fingerprint density at radius 1 is 1.17 bits per heavy atom. The van der Waals surface area contributed by atoms with Crippen molar-refractivity contribution in [1.29, 1.82) is 5.26 Å². The summed E-state index contributed by atoms with van der Waals surface area (Å²) in [6, 6.07) is 19.0. The lowest BCUT2D eigenvalue weighted by Crippen LogP contribution is -2.36. The van der Waals surface area contributed by atoms with Gasteiger partial charge >= 0.3 is 0 Å². The van der Waals surface area contributed by atoms with E-state index in [1.165, 1.54) is 5.56 Å². The Morgan fingerprint density at radius 2 is 1.87 bits per heavy atom. The van der Waals surface area contributed by atoms with E-state index in [2.05, 4.69) is 17.4 Å². The molecule has 23 heavy (non-hydrogen) atoms. The normalized spacial score (nSPS) is 11.3. The smallest absolute Gasteiger partial charge is 0.258 e. The molecule has 4 heteroatoms. The summed E-state index contributed by atoms with van der Waals surface area (Å²) in [6.45, 7) is 1.96. The lowest BCUT2D eigenvalue weighted by atomic mass is 10.1. The van der Waals surface area contributed by atoms with E-state index in [1.54, 1.807) is 24.3 Å². The van der Waals surface area contributed by atoms with E-state index < -0.39 is 0 Å². The van der Waals surface area contributed by atoms with Gasteiger partial charge < -0.3 is 10.1 Å². The summed E-state index contributed by atoms with van der Waals surface area (Å²) in [5.41, 5.74) is 1.83. The molecule has 1 atom stereocenters. The van der Waals surface area contributed by atoms with Gasteiger partial charge in [-0.15, -0.1) is 0 Å². The zero-order valence-corrected chi connectivity index (χ0v) is 13.2. The van der Waals surface area contributed by atoms with Crippen molar-refractivity contribution in [2.75, 3.05) is 6.61 Å². The molecule has 0 saturated carbocycles. The maximum Gasteiger partial charge on any atom is 0.258 e. The molecule has 0 fully saturated rings. The molecular formula is C19H20N2O2. The maximum absolute atomic E-state index is 11.9. The molecule has 2 aromatic rings. The number of nitrogens with one attached hydrogen (secondary N) is 1. The topological polar surface area (TPSA) is 62.1 Å². The van der Waals surface area contributed by atoms with Gasteiger partial charge in [-0.05, 0) is 49.6 Å². The molecule has 1 N–H and O–H groups in total. The van der Waals surface area contributed by atoms with Gasteiger partial charge in [-0.25, -0.2) is 0 Å². The Labute approximate surface area is 136 Å². The van der Waals surface area contributed by atoms with Gasteiger partial charge in [-0.3, -0.25) is 4.79 Å². The molecule has 0 aliphatic rings. The minimum Gasteiger partial charge on any atom is -0.484 e. The second kappa shape index (κ2) is 8.60. The lowest BCUT2D eigenvalue weighted by molar-refractivity contribution is -0.123. The van der Waals surface area contributed by atoms with Gasteiger partial charge in [-0.1, -0.05) is 30.3 Å². The second-order valence-corrected chi connectivity index (χ2v) is 5.42. The van der Waals surface area contributed by atoms with Crippen molar-refractivity contribution in [3.05, 3.63) is 65.7 Å². The number of amides is 1. The van der Waals surface area contributed by atoms with E-state index in [1.807, 2.05) is 31.2 Å². The van der Waals surface area contributed by atoms with Gasteiger partial charge in [0.2, 0.25) is 0 Å². The fourth-order valence-electron chi connectivity index (χ4n) is 2.19. The van der Waals surface area contributed by atoms with Gasteiger partial charge in [0, 0.05) is 6.04 Å². The average molecular weight is 308 g/mol. The van der Waals surface area contributed by atoms with Gasteiger partial charge in [0.1, 0.15) is 5.75 Å². The molecule has 0 unspecified atom stereocenters. The summed E-state index contributed by atoms with van der Waals surface area (Å²) in [6.07, 6.45) is 1.81. The summed E-state index contributed by atoms with van der Waals surface area (Å²) in [5, 5.41) is 11.7. The molecule has 0 heterocycles. The molecule has 0 aromatic heterocycles. The molecule has 0 radical (unpaired) electrons. The van der Waals surface area contributed by atoms with Crippen LogP contribution in [-0.4, -0.2) is 18.6 Å². The van der Waals surface area contributed by atoms with Crippen LogP contribution >= 0.6 is 0 Å². The fraction of sp³-hybridized carbons (Fsp3) is 0.263. The first-order valence-corrected chi connectivity index (χ1v) is 7.63. The first-order chi connectivity index (χ1) is 11.2. The predicted octanol–water partition coefficient (Wildman–Crippen LogP) is 3.07. The van der Waals surface area contributed by atoms with Crippen molar-refractivity contribution in [1.82, 2.24) is 5.32 Å². The highest BCUT2D eigenvalue weighted by Gasteiger charge is 2.08. The van der Waals surface area contributed by atoms with Crippen LogP contribution in [0.5, 0.6) is 5.75 Å². The van der Waals surface area contributed by atoms with Crippen molar-refractivity contribution in [3.8, 4) is 11.8 Å². The highest BCUT2D eigenvalue weighted by atomic mass is 16.5. The standard InChI is InChI=1S/C19H20N2O2/c1-15(7-8-16-5-3-2-4-6-16)21-19(22)14-23-18-11-9-17(13-20)10-12-18/h2-6,9-12,15H,7-8,14H2,1H3,(H,21,22)/t15-/m1/s1. The quantitative estimate of drug-likeness (QED) is 0.855. The third-order valence-corrected chi connectivity index (χ3v) is 3.47. The Bertz CT molecular complexity index is 660. The Balaban J connectivity index is 1.70. The van der Waals surface area contributed by atoms with Crippen LogP contribution in [0.1, 0.15) is 24.5 Å². The predicted molar refractivity (Wildman–Crippen MR) is 89.0 cm³/mol. The molecule has 1 amide bonds. The van der Waals surface area contributed by atoms with Gasteiger partial charge in [0.15, 0.2) is 6.61 Å². The minimum absolute atomic E-state index is 0.0262. The SMILES string of the molecule is C[C@H](CCc1ccccc1)NC(=O)COc1ccc(C#N)cc1. The summed E-state index contributed by atoms with van der Waals surface area (Å²) in [4.78, 5) is 11.9. The van der Waals surface area contributed by atoms with Crippen molar-refractivity contribution >= 4 is 5.91 Å². The van der Waals surface area contributed by atoms with E-state index in [4.69, 9.17) is 10.00 Å². The average Bonchev–Trinajstić information content (AvgIpc) is 2.59. The van der Waals surface area contributed by atoms with E-state index in [9.17, 15) is 4.79 Å². The molecule has 0 saturated heterocycles.